The van der Waals surface area contributed by atoms with Crippen molar-refractivity contribution in [2.75, 3.05) is 13.1 Å². The van der Waals surface area contributed by atoms with Gasteiger partial charge in [-0.3, -0.25) is 4.99 Å². The van der Waals surface area contributed by atoms with Crippen molar-refractivity contribution in [1.29, 1.82) is 0 Å². The number of amidine groups is 1. The summed E-state index contributed by atoms with van der Waals surface area (Å²) in [7, 11) is 0. The van der Waals surface area contributed by atoms with Crippen LogP contribution in [0.4, 0.5) is 0 Å². The Labute approximate surface area is 104 Å². The average Bonchev–Trinajstić information content (AvgIpc) is 2.78. The highest BCUT2D eigenvalue weighted by Gasteiger charge is 2.13. The Bertz CT molecular complexity index is 396. The molecule has 1 aromatic carbocycles. The van der Waals surface area contributed by atoms with Gasteiger partial charge in [0.2, 0.25) is 0 Å². The number of benzene rings is 1. The molecule has 0 unspecified atom stereocenters. The summed E-state index contributed by atoms with van der Waals surface area (Å²) >= 11 is 0. The first-order chi connectivity index (χ1) is 8.05. The number of hydrogen-bond donors (Lipinski definition) is 1. The molecule has 0 saturated heterocycles. The van der Waals surface area contributed by atoms with Crippen LogP contribution in [0.3, 0.4) is 0 Å². The van der Waals surface area contributed by atoms with Gasteiger partial charge >= 0.3 is 0 Å². The second kappa shape index (κ2) is 4.91. The van der Waals surface area contributed by atoms with Crippen molar-refractivity contribution in [3.05, 3.63) is 35.4 Å². The van der Waals surface area contributed by atoms with Crippen LogP contribution >= 0.6 is 0 Å². The van der Waals surface area contributed by atoms with E-state index in [1.807, 2.05) is 0 Å². The van der Waals surface area contributed by atoms with E-state index in [0.29, 0.717) is 0 Å². The summed E-state index contributed by atoms with van der Waals surface area (Å²) < 4.78 is 0. The first-order valence-corrected chi connectivity index (χ1v) is 6.42. The summed E-state index contributed by atoms with van der Waals surface area (Å²) in [6.45, 7) is 8.70. The number of rotatable bonds is 3. The second-order valence-corrected chi connectivity index (χ2v) is 5.70. The van der Waals surface area contributed by atoms with Gasteiger partial charge in [0, 0.05) is 13.0 Å². The van der Waals surface area contributed by atoms with Crippen molar-refractivity contribution in [3.8, 4) is 0 Å². The Hall–Kier alpha value is -1.31. The normalized spacial score (nSPS) is 15.6. The molecule has 0 fully saturated rings. The van der Waals surface area contributed by atoms with E-state index in [4.69, 9.17) is 0 Å². The van der Waals surface area contributed by atoms with E-state index in [-0.39, 0.29) is 5.41 Å². The van der Waals surface area contributed by atoms with E-state index in [1.165, 1.54) is 17.0 Å². The molecule has 0 saturated carbocycles. The van der Waals surface area contributed by atoms with Crippen LogP contribution in [-0.4, -0.2) is 18.9 Å². The lowest BCUT2D eigenvalue weighted by molar-refractivity contribution is 0.590. The molecule has 1 N–H and O–H groups in total. The molecule has 0 radical (unpaired) electrons. The first-order valence-electron chi connectivity index (χ1n) is 6.42. The molecule has 0 bridgehead atoms. The minimum Gasteiger partial charge on any atom is -0.372 e. The molecule has 2 nitrogen and oxygen atoms in total. The SMILES string of the molecule is CC(C)(C)c1ccc(CCC2=NCCN2)cc1. The average molecular weight is 230 g/mol. The van der Waals surface area contributed by atoms with E-state index in [1.54, 1.807) is 0 Å². The second-order valence-electron chi connectivity index (χ2n) is 5.70. The first kappa shape index (κ1) is 12.2. The summed E-state index contributed by atoms with van der Waals surface area (Å²) in [5, 5.41) is 3.31. The van der Waals surface area contributed by atoms with Gasteiger partial charge in [0.1, 0.15) is 0 Å². The maximum atomic E-state index is 4.41. The van der Waals surface area contributed by atoms with Gasteiger partial charge in [-0.15, -0.1) is 0 Å². The quantitative estimate of drug-likeness (QED) is 0.848. The molecule has 2 heteroatoms. The largest absolute Gasteiger partial charge is 0.372 e. The zero-order valence-corrected chi connectivity index (χ0v) is 11.1. The summed E-state index contributed by atoms with van der Waals surface area (Å²) in [4.78, 5) is 4.41. The Morgan fingerprint density at radius 1 is 1.12 bits per heavy atom. The standard InChI is InChI=1S/C15H22N2/c1-15(2,3)13-7-4-12(5-8-13)6-9-14-16-10-11-17-14/h4-5,7-8H,6,9-11H2,1-3H3,(H,16,17). The molecule has 1 aliphatic heterocycles. The zero-order valence-electron chi connectivity index (χ0n) is 11.1. The van der Waals surface area contributed by atoms with E-state index in [0.717, 1.165) is 25.9 Å². The minimum absolute atomic E-state index is 0.246. The molecule has 0 amide bonds. The third kappa shape index (κ3) is 3.32. The highest BCUT2D eigenvalue weighted by atomic mass is 15.1. The lowest BCUT2D eigenvalue weighted by Gasteiger charge is -2.19. The van der Waals surface area contributed by atoms with Crippen LogP contribution in [0.15, 0.2) is 29.3 Å². The zero-order chi connectivity index (χ0) is 12.3. The number of nitrogens with one attached hydrogen (secondary N) is 1. The highest BCUT2D eigenvalue weighted by molar-refractivity contribution is 5.83. The molecule has 17 heavy (non-hydrogen) atoms. The van der Waals surface area contributed by atoms with Gasteiger partial charge in [-0.25, -0.2) is 0 Å². The van der Waals surface area contributed by atoms with Crippen molar-refractivity contribution >= 4 is 5.84 Å². The van der Waals surface area contributed by atoms with Crippen molar-refractivity contribution in [1.82, 2.24) is 5.32 Å². The molecule has 1 aromatic rings. The smallest absolute Gasteiger partial charge is 0.0967 e. The number of aliphatic imine (C=N–C) groups is 1. The minimum atomic E-state index is 0.246. The molecule has 2 rings (SSSR count). The predicted octanol–water partition coefficient (Wildman–Crippen LogP) is 2.92. The summed E-state index contributed by atoms with van der Waals surface area (Å²) in [6.07, 6.45) is 2.12. The van der Waals surface area contributed by atoms with Crippen molar-refractivity contribution in [3.63, 3.8) is 0 Å². The number of nitrogens with zero attached hydrogens (tertiary/aromatic N) is 1. The van der Waals surface area contributed by atoms with Gasteiger partial charge in [0.05, 0.1) is 12.4 Å². The maximum Gasteiger partial charge on any atom is 0.0967 e. The fraction of sp³-hybridized carbons (Fsp3) is 0.533. The lowest BCUT2D eigenvalue weighted by Crippen LogP contribution is -2.18. The van der Waals surface area contributed by atoms with Crippen LogP contribution in [0.5, 0.6) is 0 Å². The summed E-state index contributed by atoms with van der Waals surface area (Å²) in [5.74, 6) is 1.17. The Kier molecular flexibility index (Phi) is 3.51. The van der Waals surface area contributed by atoms with Crippen LogP contribution < -0.4 is 5.32 Å². The van der Waals surface area contributed by atoms with Gasteiger partial charge < -0.3 is 5.32 Å². The monoisotopic (exact) mass is 230 g/mol. The van der Waals surface area contributed by atoms with Crippen LogP contribution in [0.1, 0.15) is 38.3 Å². The summed E-state index contributed by atoms with van der Waals surface area (Å²) in [6, 6.07) is 8.99. The van der Waals surface area contributed by atoms with Crippen LogP contribution in [0.25, 0.3) is 0 Å². The Morgan fingerprint density at radius 2 is 1.82 bits per heavy atom. The molecular formula is C15H22N2. The molecule has 0 atom stereocenters. The van der Waals surface area contributed by atoms with Gasteiger partial charge in [0.25, 0.3) is 0 Å². The van der Waals surface area contributed by atoms with Gasteiger partial charge in [-0.2, -0.15) is 0 Å². The topological polar surface area (TPSA) is 24.4 Å². The van der Waals surface area contributed by atoms with E-state index < -0.39 is 0 Å². The third-order valence-electron chi connectivity index (χ3n) is 3.21. The van der Waals surface area contributed by atoms with Crippen LogP contribution in [0.2, 0.25) is 0 Å². The lowest BCUT2D eigenvalue weighted by atomic mass is 9.86. The molecule has 0 aromatic heterocycles. The molecule has 92 valence electrons. The van der Waals surface area contributed by atoms with Gasteiger partial charge in [-0.1, -0.05) is 45.0 Å². The molecule has 0 spiro atoms. The molecular weight excluding hydrogens is 208 g/mol. The molecule has 1 aliphatic rings. The van der Waals surface area contributed by atoms with Gasteiger partial charge in [-0.05, 0) is 23.0 Å². The Balaban J connectivity index is 1.94. The predicted molar refractivity (Wildman–Crippen MR) is 73.8 cm³/mol. The van der Waals surface area contributed by atoms with Crippen molar-refractivity contribution in [2.45, 2.75) is 39.0 Å². The fourth-order valence-electron chi connectivity index (χ4n) is 2.05. The number of aryl methyl sites for hydroxylation is 1. The third-order valence-corrected chi connectivity index (χ3v) is 3.21. The van der Waals surface area contributed by atoms with Crippen LogP contribution in [0, 0.1) is 0 Å². The molecule has 1 heterocycles. The Morgan fingerprint density at radius 3 is 2.35 bits per heavy atom. The van der Waals surface area contributed by atoms with Crippen molar-refractivity contribution < 1.29 is 0 Å². The van der Waals surface area contributed by atoms with E-state index in [9.17, 15) is 0 Å². The molecule has 0 aliphatic carbocycles. The van der Waals surface area contributed by atoms with E-state index in [2.05, 4.69) is 55.3 Å². The van der Waals surface area contributed by atoms with Gasteiger partial charge in [0.15, 0.2) is 0 Å². The fourth-order valence-corrected chi connectivity index (χ4v) is 2.05. The highest BCUT2D eigenvalue weighted by Crippen LogP contribution is 2.22. The number of hydrogen-bond acceptors (Lipinski definition) is 2. The van der Waals surface area contributed by atoms with Crippen LogP contribution in [-0.2, 0) is 11.8 Å². The van der Waals surface area contributed by atoms with E-state index >= 15 is 0 Å². The van der Waals surface area contributed by atoms with Crippen molar-refractivity contribution in [2.24, 2.45) is 4.99 Å². The summed E-state index contributed by atoms with van der Waals surface area (Å²) in [5.41, 5.74) is 3.04. The maximum absolute atomic E-state index is 4.41.